The maximum atomic E-state index is 13.0. The van der Waals surface area contributed by atoms with Crippen LogP contribution in [0.2, 0.25) is 0 Å². The van der Waals surface area contributed by atoms with Gasteiger partial charge in [0.25, 0.3) is 0 Å². The number of aliphatic hydroxyl groups excluding tert-OH is 1. The van der Waals surface area contributed by atoms with E-state index in [0.29, 0.717) is 12.2 Å². The number of aromatic nitrogens is 2. The van der Waals surface area contributed by atoms with Crippen molar-refractivity contribution in [3.63, 3.8) is 0 Å². The van der Waals surface area contributed by atoms with Gasteiger partial charge in [0, 0.05) is 16.9 Å². The van der Waals surface area contributed by atoms with Gasteiger partial charge in [-0.05, 0) is 35.6 Å². The third-order valence-corrected chi connectivity index (χ3v) is 5.67. The van der Waals surface area contributed by atoms with E-state index in [9.17, 15) is 9.90 Å². The van der Waals surface area contributed by atoms with Gasteiger partial charge in [0.2, 0.25) is 0 Å². The number of carbonyl (C=O) groups excluding carboxylic acids is 1. The number of fused-ring (bicyclic) bond motifs is 1. The molecule has 3 aromatic carbocycles. The largest absolute Gasteiger partial charge is 0.388 e. The molecule has 1 atom stereocenters. The predicted molar refractivity (Wildman–Crippen MR) is 134 cm³/mol. The number of carbonyl (C=O) groups is 1. The summed E-state index contributed by atoms with van der Waals surface area (Å²) < 4.78 is 1.73. The molecule has 33 heavy (non-hydrogen) atoms. The normalized spacial score (nSPS) is 12.5. The Kier molecular flexibility index (Phi) is 6.20. The van der Waals surface area contributed by atoms with E-state index in [-0.39, 0.29) is 11.4 Å². The molecule has 0 aliphatic heterocycles. The van der Waals surface area contributed by atoms with Gasteiger partial charge in [0.15, 0.2) is 0 Å². The zero-order valence-corrected chi connectivity index (χ0v) is 19.5. The van der Waals surface area contributed by atoms with E-state index in [2.05, 4.69) is 31.4 Å². The van der Waals surface area contributed by atoms with Gasteiger partial charge < -0.3 is 10.4 Å². The third-order valence-electron chi connectivity index (χ3n) is 5.67. The van der Waals surface area contributed by atoms with Crippen LogP contribution >= 0.6 is 0 Å². The van der Waals surface area contributed by atoms with Crippen molar-refractivity contribution in [2.45, 2.75) is 45.6 Å². The number of nitrogens with one attached hydrogen (secondary N) is 2. The van der Waals surface area contributed by atoms with Crippen LogP contribution in [0.5, 0.6) is 0 Å². The molecule has 0 aliphatic rings. The van der Waals surface area contributed by atoms with Gasteiger partial charge in [-0.1, -0.05) is 76.2 Å². The van der Waals surface area contributed by atoms with Crippen molar-refractivity contribution < 1.29 is 9.90 Å². The van der Waals surface area contributed by atoms with Crippen LogP contribution in [0.4, 0.5) is 16.3 Å². The van der Waals surface area contributed by atoms with Gasteiger partial charge in [-0.3, -0.25) is 5.32 Å². The molecule has 0 bridgehead atoms. The molecule has 4 rings (SSSR count). The Hall–Kier alpha value is -3.64. The number of anilines is 2. The highest BCUT2D eigenvalue weighted by molar-refractivity contribution is 6.06. The van der Waals surface area contributed by atoms with Crippen molar-refractivity contribution in [1.29, 1.82) is 0 Å². The van der Waals surface area contributed by atoms with Crippen molar-refractivity contribution in [3.05, 3.63) is 84.1 Å². The average Bonchev–Trinajstić information content (AvgIpc) is 3.23. The summed E-state index contributed by atoms with van der Waals surface area (Å²) in [6, 6.07) is 22.9. The molecule has 6 heteroatoms. The van der Waals surface area contributed by atoms with Crippen LogP contribution in [0.25, 0.3) is 16.5 Å². The Bertz CT molecular complexity index is 1260. The Morgan fingerprint density at radius 1 is 1.00 bits per heavy atom. The van der Waals surface area contributed by atoms with Gasteiger partial charge >= 0.3 is 6.03 Å². The van der Waals surface area contributed by atoms with Gasteiger partial charge in [-0.2, -0.15) is 5.10 Å². The highest BCUT2D eigenvalue weighted by Gasteiger charge is 2.22. The van der Waals surface area contributed by atoms with E-state index in [4.69, 9.17) is 5.10 Å². The second-order valence-corrected chi connectivity index (χ2v) is 9.20. The van der Waals surface area contributed by atoms with E-state index in [1.807, 2.05) is 79.7 Å². The van der Waals surface area contributed by atoms with Crippen LogP contribution in [0.15, 0.2) is 72.8 Å². The summed E-state index contributed by atoms with van der Waals surface area (Å²) in [6.07, 6.45) is 0.155. The van der Waals surface area contributed by atoms with Crippen LogP contribution in [0.3, 0.4) is 0 Å². The van der Waals surface area contributed by atoms with Crippen LogP contribution in [-0.2, 0) is 5.41 Å². The smallest absolute Gasteiger partial charge is 0.324 e. The van der Waals surface area contributed by atoms with Gasteiger partial charge in [-0.15, -0.1) is 0 Å². The lowest BCUT2D eigenvalue weighted by Gasteiger charge is -2.14. The quantitative estimate of drug-likeness (QED) is 0.334. The van der Waals surface area contributed by atoms with E-state index >= 15 is 0 Å². The number of hydrogen-bond acceptors (Lipinski definition) is 3. The monoisotopic (exact) mass is 442 g/mol. The number of aliphatic hydroxyl groups is 1. The molecule has 2 amide bonds. The third kappa shape index (κ3) is 4.91. The minimum Gasteiger partial charge on any atom is -0.388 e. The molecule has 0 aliphatic carbocycles. The standard InChI is InChI=1S/C27H30N4O2/c1-5-23(32)19-13-15-20(16-14-19)31-25(17-24(30-31)27(2,3)4)29-26(33)28-22-12-8-10-18-9-6-7-11-21(18)22/h6-17,23,32H,5H2,1-4H3,(H2,28,29,33). The summed E-state index contributed by atoms with van der Waals surface area (Å²) in [6.45, 7) is 8.19. The van der Waals surface area contributed by atoms with E-state index in [0.717, 1.165) is 33.4 Å². The van der Waals surface area contributed by atoms with Crippen LogP contribution < -0.4 is 10.6 Å². The van der Waals surface area contributed by atoms with Crippen molar-refractivity contribution in [1.82, 2.24) is 9.78 Å². The maximum absolute atomic E-state index is 13.0. The molecule has 3 N–H and O–H groups in total. The summed E-state index contributed by atoms with van der Waals surface area (Å²) in [5.41, 5.74) is 3.07. The number of benzene rings is 3. The molecule has 0 saturated carbocycles. The van der Waals surface area contributed by atoms with E-state index in [1.54, 1.807) is 4.68 Å². The SMILES string of the molecule is CCC(O)c1ccc(-n2nc(C(C)(C)C)cc2NC(=O)Nc2cccc3ccccc23)cc1. The molecular weight excluding hydrogens is 412 g/mol. The second-order valence-electron chi connectivity index (χ2n) is 9.20. The lowest BCUT2D eigenvalue weighted by Crippen LogP contribution is -2.21. The summed E-state index contributed by atoms with van der Waals surface area (Å²) in [7, 11) is 0. The van der Waals surface area contributed by atoms with Gasteiger partial charge in [-0.25, -0.2) is 9.48 Å². The van der Waals surface area contributed by atoms with Crippen molar-refractivity contribution in [2.75, 3.05) is 10.6 Å². The highest BCUT2D eigenvalue weighted by Crippen LogP contribution is 2.28. The molecule has 0 fully saturated rings. The Morgan fingerprint density at radius 3 is 2.39 bits per heavy atom. The van der Waals surface area contributed by atoms with Crippen LogP contribution in [0.1, 0.15) is 51.5 Å². The molecule has 6 nitrogen and oxygen atoms in total. The molecule has 170 valence electrons. The summed E-state index contributed by atoms with van der Waals surface area (Å²) in [4.78, 5) is 13.0. The van der Waals surface area contributed by atoms with Gasteiger partial charge in [0.05, 0.1) is 23.2 Å². The molecule has 1 heterocycles. The predicted octanol–water partition coefficient (Wildman–Crippen LogP) is 6.41. The maximum Gasteiger partial charge on any atom is 0.324 e. The van der Waals surface area contributed by atoms with E-state index in [1.165, 1.54) is 0 Å². The molecule has 1 aromatic heterocycles. The van der Waals surface area contributed by atoms with E-state index < -0.39 is 6.10 Å². The number of hydrogen-bond donors (Lipinski definition) is 3. The van der Waals surface area contributed by atoms with Crippen molar-refractivity contribution in [3.8, 4) is 5.69 Å². The first-order chi connectivity index (χ1) is 15.8. The van der Waals surface area contributed by atoms with Crippen molar-refractivity contribution >= 4 is 28.3 Å². The number of amides is 2. The van der Waals surface area contributed by atoms with Crippen LogP contribution in [-0.4, -0.2) is 20.9 Å². The highest BCUT2D eigenvalue weighted by atomic mass is 16.3. The first-order valence-electron chi connectivity index (χ1n) is 11.2. The summed E-state index contributed by atoms with van der Waals surface area (Å²) in [5.74, 6) is 0.571. The first-order valence-corrected chi connectivity index (χ1v) is 11.2. The minimum absolute atomic E-state index is 0.188. The lowest BCUT2D eigenvalue weighted by molar-refractivity contribution is 0.173. The zero-order chi connectivity index (χ0) is 23.6. The molecule has 4 aromatic rings. The molecular formula is C27H30N4O2. The number of rotatable bonds is 5. The topological polar surface area (TPSA) is 79.2 Å². The van der Waals surface area contributed by atoms with Crippen molar-refractivity contribution in [2.24, 2.45) is 0 Å². The summed E-state index contributed by atoms with van der Waals surface area (Å²) in [5, 5.41) is 22.8. The lowest BCUT2D eigenvalue weighted by atomic mass is 9.92. The Balaban J connectivity index is 1.64. The molecule has 0 radical (unpaired) electrons. The fourth-order valence-electron chi connectivity index (χ4n) is 3.71. The molecule has 1 unspecified atom stereocenters. The molecule has 0 saturated heterocycles. The fraction of sp³-hybridized carbons (Fsp3) is 0.259. The average molecular weight is 443 g/mol. The second kappa shape index (κ2) is 9.08. The fourth-order valence-corrected chi connectivity index (χ4v) is 3.71. The first kappa shape index (κ1) is 22.6. The van der Waals surface area contributed by atoms with Crippen LogP contribution in [0, 0.1) is 0 Å². The zero-order valence-electron chi connectivity index (χ0n) is 19.5. The Labute approximate surface area is 194 Å². The summed E-state index contributed by atoms with van der Waals surface area (Å²) >= 11 is 0. The minimum atomic E-state index is -0.495. The molecule has 0 spiro atoms. The number of urea groups is 1. The van der Waals surface area contributed by atoms with Gasteiger partial charge in [0.1, 0.15) is 5.82 Å². The Morgan fingerprint density at radius 2 is 1.70 bits per heavy atom. The number of nitrogens with zero attached hydrogens (tertiary/aromatic N) is 2.